The zero-order chi connectivity index (χ0) is 10.3. The molecule has 2 aliphatic carbocycles. The summed E-state index contributed by atoms with van der Waals surface area (Å²) < 4.78 is 24.9. The zero-order valence-electron chi connectivity index (χ0n) is 8.86. The van der Waals surface area contributed by atoms with Crippen molar-refractivity contribution < 1.29 is 8.42 Å². The first kappa shape index (κ1) is 10.4. The van der Waals surface area contributed by atoms with Gasteiger partial charge in [-0.15, -0.1) is 0 Å². The van der Waals surface area contributed by atoms with Crippen LogP contribution in [0.1, 0.15) is 32.6 Å². The largest absolute Gasteiger partial charge is 0.213 e. The summed E-state index contributed by atoms with van der Waals surface area (Å²) in [4.78, 5) is 0. The van der Waals surface area contributed by atoms with E-state index in [9.17, 15) is 8.42 Å². The van der Waals surface area contributed by atoms with Gasteiger partial charge in [-0.25, -0.2) is 13.1 Å². The summed E-state index contributed by atoms with van der Waals surface area (Å²) in [6.07, 6.45) is 6.49. The van der Waals surface area contributed by atoms with Crippen LogP contribution in [0.15, 0.2) is 0 Å². The van der Waals surface area contributed by atoms with Crippen molar-refractivity contribution in [2.45, 2.75) is 38.6 Å². The number of hydrogen-bond acceptors (Lipinski definition) is 2. The molecule has 0 aliphatic heterocycles. The molecule has 2 aliphatic rings. The molecule has 82 valence electrons. The van der Waals surface area contributed by atoms with Gasteiger partial charge < -0.3 is 0 Å². The van der Waals surface area contributed by atoms with Crippen LogP contribution in [-0.4, -0.2) is 20.7 Å². The highest BCUT2D eigenvalue weighted by Gasteiger charge is 2.42. The van der Waals surface area contributed by atoms with Crippen molar-refractivity contribution in [3.05, 3.63) is 0 Å². The third kappa shape index (κ3) is 2.11. The average Bonchev–Trinajstić information content (AvgIpc) is 2.59. The topological polar surface area (TPSA) is 46.2 Å². The van der Waals surface area contributed by atoms with E-state index in [0.717, 1.165) is 11.8 Å². The van der Waals surface area contributed by atoms with Crippen LogP contribution in [0.5, 0.6) is 0 Å². The first-order valence-electron chi connectivity index (χ1n) is 5.43. The first-order chi connectivity index (χ1) is 6.46. The van der Waals surface area contributed by atoms with Crippen molar-refractivity contribution in [1.82, 2.24) is 4.72 Å². The van der Waals surface area contributed by atoms with Gasteiger partial charge in [0.1, 0.15) is 0 Å². The fraction of sp³-hybridized carbons (Fsp3) is 1.00. The molecule has 0 amide bonds. The quantitative estimate of drug-likeness (QED) is 0.776. The van der Waals surface area contributed by atoms with Crippen LogP contribution in [0.2, 0.25) is 0 Å². The molecule has 1 N–H and O–H groups in total. The van der Waals surface area contributed by atoms with Crippen LogP contribution in [0.25, 0.3) is 0 Å². The predicted molar refractivity (Wildman–Crippen MR) is 56.4 cm³/mol. The number of nitrogens with one attached hydrogen (secondary N) is 1. The van der Waals surface area contributed by atoms with Crippen molar-refractivity contribution in [2.75, 3.05) is 6.26 Å². The Kier molecular flexibility index (Phi) is 2.60. The van der Waals surface area contributed by atoms with Crippen molar-refractivity contribution in [1.29, 1.82) is 0 Å². The minimum absolute atomic E-state index is 0.125. The molecule has 14 heavy (non-hydrogen) atoms. The van der Waals surface area contributed by atoms with Crippen LogP contribution < -0.4 is 4.72 Å². The summed E-state index contributed by atoms with van der Waals surface area (Å²) in [5.74, 6) is 2.25. The van der Waals surface area contributed by atoms with Gasteiger partial charge in [-0.05, 0) is 43.9 Å². The van der Waals surface area contributed by atoms with Crippen molar-refractivity contribution in [3.8, 4) is 0 Å². The minimum atomic E-state index is -3.03. The summed E-state index contributed by atoms with van der Waals surface area (Å²) in [6.45, 7) is 2.01. The van der Waals surface area contributed by atoms with E-state index in [1.807, 2.05) is 6.92 Å². The molecule has 0 aromatic heterocycles. The molecule has 4 atom stereocenters. The molecule has 3 nitrogen and oxygen atoms in total. The van der Waals surface area contributed by atoms with Gasteiger partial charge in [-0.2, -0.15) is 0 Å². The third-order valence-electron chi connectivity index (χ3n) is 3.83. The van der Waals surface area contributed by atoms with E-state index in [-0.39, 0.29) is 6.04 Å². The maximum Gasteiger partial charge on any atom is 0.208 e. The highest BCUT2D eigenvalue weighted by atomic mass is 32.2. The van der Waals surface area contributed by atoms with Gasteiger partial charge in [-0.3, -0.25) is 0 Å². The molecular formula is C10H19NO2S. The van der Waals surface area contributed by atoms with Crippen molar-refractivity contribution in [2.24, 2.45) is 17.8 Å². The number of fused-ring (bicyclic) bond motifs is 2. The lowest BCUT2D eigenvalue weighted by atomic mass is 9.84. The molecule has 2 bridgehead atoms. The molecule has 4 heteroatoms. The standard InChI is InChI=1S/C10H19NO2S/c1-7(11-14(2,12)13)10-6-8-3-4-9(10)5-8/h7-11H,3-6H2,1-2H3/t7-,8-,9-,10-/m1/s1. The smallest absolute Gasteiger partial charge is 0.208 e. The second kappa shape index (κ2) is 3.49. The molecule has 0 heterocycles. The van der Waals surface area contributed by atoms with E-state index < -0.39 is 10.0 Å². The highest BCUT2D eigenvalue weighted by Crippen LogP contribution is 2.49. The molecular weight excluding hydrogens is 198 g/mol. The van der Waals surface area contributed by atoms with Crippen molar-refractivity contribution in [3.63, 3.8) is 0 Å². The van der Waals surface area contributed by atoms with E-state index in [2.05, 4.69) is 4.72 Å². The molecule has 2 saturated carbocycles. The summed E-state index contributed by atoms with van der Waals surface area (Å²) in [5, 5.41) is 0. The highest BCUT2D eigenvalue weighted by molar-refractivity contribution is 7.88. The average molecular weight is 217 g/mol. The second-order valence-electron chi connectivity index (χ2n) is 5.02. The summed E-state index contributed by atoms with van der Waals surface area (Å²) in [7, 11) is -3.03. The van der Waals surface area contributed by atoms with Crippen LogP contribution in [0.4, 0.5) is 0 Å². The summed E-state index contributed by atoms with van der Waals surface area (Å²) >= 11 is 0. The molecule has 2 fully saturated rings. The Hall–Kier alpha value is -0.0900. The second-order valence-corrected chi connectivity index (χ2v) is 6.80. The maximum absolute atomic E-state index is 11.1. The number of rotatable bonds is 3. The van der Waals surface area contributed by atoms with E-state index in [1.165, 1.54) is 31.9 Å². The van der Waals surface area contributed by atoms with Gasteiger partial charge in [0, 0.05) is 6.04 Å². The Bertz CT molecular complexity index is 312. The van der Waals surface area contributed by atoms with E-state index in [4.69, 9.17) is 0 Å². The maximum atomic E-state index is 11.1. The lowest BCUT2D eigenvalue weighted by Gasteiger charge is -2.27. The Morgan fingerprint density at radius 2 is 2.00 bits per heavy atom. The Morgan fingerprint density at radius 1 is 1.29 bits per heavy atom. The molecule has 2 rings (SSSR count). The summed E-state index contributed by atoms with van der Waals surface area (Å²) in [6, 6.07) is 0.125. The molecule has 0 spiro atoms. The Labute approximate surface area is 86.3 Å². The number of sulfonamides is 1. The van der Waals surface area contributed by atoms with Crippen LogP contribution >= 0.6 is 0 Å². The Morgan fingerprint density at radius 3 is 2.43 bits per heavy atom. The van der Waals surface area contributed by atoms with Gasteiger partial charge in [0.25, 0.3) is 0 Å². The molecule has 0 radical (unpaired) electrons. The molecule has 0 saturated heterocycles. The SMILES string of the molecule is C[C@@H](NS(C)(=O)=O)[C@H]1C[C@@H]2CC[C@@H]1C2. The van der Waals surface area contributed by atoms with E-state index in [1.54, 1.807) is 0 Å². The molecule has 0 unspecified atom stereocenters. The molecule has 0 aromatic rings. The molecule has 0 aromatic carbocycles. The van der Waals surface area contributed by atoms with Gasteiger partial charge in [0.15, 0.2) is 0 Å². The monoisotopic (exact) mass is 217 g/mol. The summed E-state index contributed by atoms with van der Waals surface area (Å²) in [5.41, 5.74) is 0. The minimum Gasteiger partial charge on any atom is -0.213 e. The lowest BCUT2D eigenvalue weighted by molar-refractivity contribution is 0.280. The van der Waals surface area contributed by atoms with Gasteiger partial charge in [0.2, 0.25) is 10.0 Å². The van der Waals surface area contributed by atoms with Crippen LogP contribution in [0.3, 0.4) is 0 Å². The van der Waals surface area contributed by atoms with E-state index >= 15 is 0 Å². The number of hydrogen-bond donors (Lipinski definition) is 1. The van der Waals surface area contributed by atoms with Gasteiger partial charge in [-0.1, -0.05) is 6.42 Å². The lowest BCUT2D eigenvalue weighted by Crippen LogP contribution is -2.39. The van der Waals surface area contributed by atoms with Crippen LogP contribution in [0, 0.1) is 17.8 Å². The third-order valence-corrected chi connectivity index (χ3v) is 4.63. The fourth-order valence-corrected chi connectivity index (χ4v) is 4.18. The van der Waals surface area contributed by atoms with Gasteiger partial charge >= 0.3 is 0 Å². The fourth-order valence-electron chi connectivity index (χ4n) is 3.33. The zero-order valence-corrected chi connectivity index (χ0v) is 9.68. The van der Waals surface area contributed by atoms with Gasteiger partial charge in [0.05, 0.1) is 6.26 Å². The first-order valence-corrected chi connectivity index (χ1v) is 7.32. The normalized spacial score (nSPS) is 38.9. The van der Waals surface area contributed by atoms with Crippen molar-refractivity contribution >= 4 is 10.0 Å². The Balaban J connectivity index is 1.96. The predicted octanol–water partition coefficient (Wildman–Crippen LogP) is 1.36. The van der Waals surface area contributed by atoms with Crippen LogP contribution in [-0.2, 0) is 10.0 Å². The van der Waals surface area contributed by atoms with E-state index in [0.29, 0.717) is 5.92 Å².